The number of pyridine rings is 1. The van der Waals surface area contributed by atoms with Gasteiger partial charge in [-0.15, -0.1) is 0 Å². The summed E-state index contributed by atoms with van der Waals surface area (Å²) in [6.45, 7) is 8.37. The van der Waals surface area contributed by atoms with E-state index in [-0.39, 0.29) is 11.4 Å². The standard InChI is InChI=1S/C18H22N6O/c1-18(2,3)16-10-13-12-22(8-9-23(13)21-16)17(25)20-14-11-19-24-7-5-4-6-15(14)24/h4-7,10-11H,8-9,12H2,1-3H3,(H,20,25). The van der Waals surface area contributed by atoms with Gasteiger partial charge in [0.1, 0.15) is 0 Å². The van der Waals surface area contributed by atoms with Gasteiger partial charge in [-0.05, 0) is 18.2 Å². The van der Waals surface area contributed by atoms with Gasteiger partial charge in [0.2, 0.25) is 0 Å². The first-order chi connectivity index (χ1) is 11.9. The van der Waals surface area contributed by atoms with Crippen LogP contribution in [0.1, 0.15) is 32.2 Å². The first-order valence-corrected chi connectivity index (χ1v) is 8.47. The molecule has 0 aromatic carbocycles. The molecule has 0 fully saturated rings. The number of carbonyl (C=O) groups excluding carboxylic acids is 1. The zero-order valence-electron chi connectivity index (χ0n) is 14.7. The normalized spacial score (nSPS) is 14.6. The monoisotopic (exact) mass is 338 g/mol. The van der Waals surface area contributed by atoms with Crippen molar-refractivity contribution in [1.82, 2.24) is 24.3 Å². The van der Waals surface area contributed by atoms with Gasteiger partial charge < -0.3 is 10.2 Å². The summed E-state index contributed by atoms with van der Waals surface area (Å²) in [5.74, 6) is 0. The molecule has 0 bridgehead atoms. The lowest BCUT2D eigenvalue weighted by Crippen LogP contribution is -2.40. The van der Waals surface area contributed by atoms with Crippen LogP contribution in [0.3, 0.4) is 0 Å². The number of fused-ring (bicyclic) bond motifs is 2. The van der Waals surface area contributed by atoms with E-state index in [1.54, 1.807) is 10.7 Å². The van der Waals surface area contributed by atoms with Gasteiger partial charge in [0.25, 0.3) is 0 Å². The van der Waals surface area contributed by atoms with Crippen molar-refractivity contribution in [2.24, 2.45) is 0 Å². The zero-order valence-corrected chi connectivity index (χ0v) is 14.7. The van der Waals surface area contributed by atoms with E-state index in [1.165, 1.54) is 0 Å². The summed E-state index contributed by atoms with van der Waals surface area (Å²) in [4.78, 5) is 14.5. The highest BCUT2D eigenvalue weighted by molar-refractivity contribution is 5.93. The Labute approximate surface area is 146 Å². The van der Waals surface area contributed by atoms with Gasteiger partial charge >= 0.3 is 6.03 Å². The van der Waals surface area contributed by atoms with Crippen molar-refractivity contribution < 1.29 is 4.79 Å². The third-order valence-corrected chi connectivity index (χ3v) is 4.52. The Balaban J connectivity index is 1.51. The molecule has 25 heavy (non-hydrogen) atoms. The van der Waals surface area contributed by atoms with Crippen molar-refractivity contribution in [1.29, 1.82) is 0 Å². The Hall–Kier alpha value is -2.83. The van der Waals surface area contributed by atoms with Gasteiger partial charge in [0.15, 0.2) is 0 Å². The van der Waals surface area contributed by atoms with E-state index in [0.29, 0.717) is 19.6 Å². The van der Waals surface area contributed by atoms with E-state index in [1.807, 2.05) is 34.0 Å². The summed E-state index contributed by atoms with van der Waals surface area (Å²) in [7, 11) is 0. The largest absolute Gasteiger partial charge is 0.322 e. The fourth-order valence-electron chi connectivity index (χ4n) is 3.03. The third-order valence-electron chi connectivity index (χ3n) is 4.52. The van der Waals surface area contributed by atoms with Gasteiger partial charge in [0, 0.05) is 18.2 Å². The van der Waals surface area contributed by atoms with Gasteiger partial charge in [0.05, 0.1) is 41.9 Å². The fraction of sp³-hybridized carbons (Fsp3) is 0.389. The molecule has 0 aliphatic carbocycles. The SMILES string of the molecule is CC(C)(C)c1cc2n(n1)CCN(C(=O)Nc1cnn3ccccc13)C2. The van der Waals surface area contributed by atoms with Crippen LogP contribution in [0.5, 0.6) is 0 Å². The van der Waals surface area contributed by atoms with E-state index in [2.05, 4.69) is 42.4 Å². The molecule has 4 heterocycles. The van der Waals surface area contributed by atoms with Gasteiger partial charge in [-0.3, -0.25) is 4.68 Å². The molecule has 0 saturated carbocycles. The van der Waals surface area contributed by atoms with Crippen molar-refractivity contribution >= 4 is 17.2 Å². The average Bonchev–Trinajstić information content (AvgIpc) is 3.18. The molecular weight excluding hydrogens is 316 g/mol. The second kappa shape index (κ2) is 5.61. The van der Waals surface area contributed by atoms with Crippen LogP contribution in [0.2, 0.25) is 0 Å². The summed E-state index contributed by atoms with van der Waals surface area (Å²) in [6, 6.07) is 7.77. The number of anilines is 1. The van der Waals surface area contributed by atoms with Crippen LogP contribution in [0.25, 0.3) is 5.52 Å². The Morgan fingerprint density at radius 3 is 2.88 bits per heavy atom. The molecule has 0 unspecified atom stereocenters. The molecule has 4 rings (SSSR count). The highest BCUT2D eigenvalue weighted by Crippen LogP contribution is 2.24. The molecule has 7 nitrogen and oxygen atoms in total. The number of hydrogen-bond donors (Lipinski definition) is 1. The van der Waals surface area contributed by atoms with Crippen LogP contribution in [0.4, 0.5) is 10.5 Å². The van der Waals surface area contributed by atoms with Crippen molar-refractivity contribution in [2.45, 2.75) is 39.3 Å². The predicted molar refractivity (Wildman–Crippen MR) is 95.5 cm³/mol. The van der Waals surface area contributed by atoms with Crippen molar-refractivity contribution in [3.05, 3.63) is 48.0 Å². The first-order valence-electron chi connectivity index (χ1n) is 8.47. The molecule has 2 amide bonds. The zero-order chi connectivity index (χ0) is 17.6. The summed E-state index contributed by atoms with van der Waals surface area (Å²) in [6.07, 6.45) is 3.54. The minimum Gasteiger partial charge on any atom is -0.317 e. The molecule has 7 heteroatoms. The van der Waals surface area contributed by atoms with Crippen LogP contribution in [0, 0.1) is 0 Å². The molecule has 130 valence electrons. The number of nitrogens with zero attached hydrogens (tertiary/aromatic N) is 5. The fourth-order valence-corrected chi connectivity index (χ4v) is 3.03. The van der Waals surface area contributed by atoms with E-state index in [9.17, 15) is 4.79 Å². The van der Waals surface area contributed by atoms with Crippen molar-refractivity contribution in [2.75, 3.05) is 11.9 Å². The van der Waals surface area contributed by atoms with E-state index < -0.39 is 0 Å². The Kier molecular flexibility index (Phi) is 3.52. The maximum Gasteiger partial charge on any atom is 0.322 e. The lowest BCUT2D eigenvalue weighted by atomic mass is 9.92. The number of carbonyl (C=O) groups is 1. The van der Waals surface area contributed by atoms with Crippen LogP contribution < -0.4 is 5.32 Å². The number of amides is 2. The molecule has 0 saturated heterocycles. The number of hydrogen-bond acceptors (Lipinski definition) is 3. The molecule has 1 aliphatic rings. The Morgan fingerprint density at radius 1 is 1.24 bits per heavy atom. The van der Waals surface area contributed by atoms with Crippen molar-refractivity contribution in [3.8, 4) is 0 Å². The number of urea groups is 1. The minimum absolute atomic E-state index is 0.00846. The number of nitrogens with one attached hydrogen (secondary N) is 1. The van der Waals surface area contributed by atoms with Crippen LogP contribution in [-0.4, -0.2) is 36.9 Å². The second-order valence-corrected chi connectivity index (χ2v) is 7.43. The van der Waals surface area contributed by atoms with E-state index in [0.717, 1.165) is 22.6 Å². The van der Waals surface area contributed by atoms with Gasteiger partial charge in [-0.2, -0.15) is 10.2 Å². The second-order valence-electron chi connectivity index (χ2n) is 7.43. The Morgan fingerprint density at radius 2 is 2.08 bits per heavy atom. The summed E-state index contributed by atoms with van der Waals surface area (Å²) < 4.78 is 3.76. The molecule has 0 radical (unpaired) electrons. The molecule has 0 atom stereocenters. The Bertz CT molecular complexity index is 933. The average molecular weight is 338 g/mol. The first kappa shape index (κ1) is 15.7. The van der Waals surface area contributed by atoms with Crippen LogP contribution in [-0.2, 0) is 18.5 Å². The highest BCUT2D eigenvalue weighted by Gasteiger charge is 2.26. The molecular formula is C18H22N6O. The predicted octanol–water partition coefficient (Wildman–Crippen LogP) is 2.88. The summed E-state index contributed by atoms with van der Waals surface area (Å²) >= 11 is 0. The molecule has 3 aromatic rings. The summed E-state index contributed by atoms with van der Waals surface area (Å²) in [5.41, 5.74) is 3.75. The van der Waals surface area contributed by atoms with Crippen molar-refractivity contribution in [3.63, 3.8) is 0 Å². The number of aromatic nitrogens is 4. The minimum atomic E-state index is -0.108. The van der Waals surface area contributed by atoms with Crippen LogP contribution in [0.15, 0.2) is 36.7 Å². The van der Waals surface area contributed by atoms with Gasteiger partial charge in [-0.1, -0.05) is 26.8 Å². The quantitative estimate of drug-likeness (QED) is 0.742. The van der Waals surface area contributed by atoms with E-state index >= 15 is 0 Å². The topological polar surface area (TPSA) is 67.5 Å². The maximum absolute atomic E-state index is 12.7. The smallest absolute Gasteiger partial charge is 0.317 e. The highest BCUT2D eigenvalue weighted by atomic mass is 16.2. The third kappa shape index (κ3) is 2.86. The molecule has 3 aromatic heterocycles. The molecule has 1 aliphatic heterocycles. The number of rotatable bonds is 1. The lowest BCUT2D eigenvalue weighted by molar-refractivity contribution is 0.194. The lowest BCUT2D eigenvalue weighted by Gasteiger charge is -2.27. The van der Waals surface area contributed by atoms with Gasteiger partial charge in [-0.25, -0.2) is 9.31 Å². The van der Waals surface area contributed by atoms with E-state index in [4.69, 9.17) is 0 Å². The molecule has 1 N–H and O–H groups in total. The molecule has 0 spiro atoms. The maximum atomic E-state index is 12.7. The van der Waals surface area contributed by atoms with Crippen LogP contribution >= 0.6 is 0 Å². The summed E-state index contributed by atoms with van der Waals surface area (Å²) in [5, 5.41) is 11.9.